The second-order valence-electron chi connectivity index (χ2n) is 7.45. The predicted molar refractivity (Wildman–Crippen MR) is 121 cm³/mol. The minimum Gasteiger partial charge on any atom is -0.442 e. The molecule has 0 N–H and O–H groups in total. The summed E-state index contributed by atoms with van der Waals surface area (Å²) in [6.07, 6.45) is -0.538. The van der Waals surface area contributed by atoms with Crippen LogP contribution < -0.4 is 5.01 Å². The molecule has 0 aliphatic heterocycles. The van der Waals surface area contributed by atoms with Gasteiger partial charge in [0, 0.05) is 15.6 Å². The molecule has 0 saturated carbocycles. The van der Waals surface area contributed by atoms with Crippen molar-refractivity contribution in [2.24, 2.45) is 5.10 Å². The van der Waals surface area contributed by atoms with Crippen LogP contribution in [0, 0.1) is 0 Å². The maximum atomic E-state index is 13.0. The molecule has 1 amide bonds. The summed E-state index contributed by atoms with van der Waals surface area (Å²) >= 11 is 3.43. The third-order valence-corrected chi connectivity index (χ3v) is 4.46. The van der Waals surface area contributed by atoms with Gasteiger partial charge in [0.15, 0.2) is 0 Å². The number of hydrogen-bond donors (Lipinski definition) is 0. The largest absolute Gasteiger partial charge is 0.442 e. The first-order valence-corrected chi connectivity index (χ1v) is 10.1. The molecule has 0 atom stereocenters. The number of hydrazone groups is 1. The molecule has 0 unspecified atom stereocenters. The van der Waals surface area contributed by atoms with E-state index >= 15 is 0 Å². The minimum atomic E-state index is -0.639. The Morgan fingerprint density at radius 2 is 1.31 bits per heavy atom. The Bertz CT molecular complexity index is 937. The van der Waals surface area contributed by atoms with Crippen LogP contribution in [-0.4, -0.2) is 17.4 Å². The average molecular weight is 451 g/mol. The Labute approximate surface area is 180 Å². The van der Waals surface area contributed by atoms with Crippen LogP contribution >= 0.6 is 15.9 Å². The van der Waals surface area contributed by atoms with Gasteiger partial charge in [0.2, 0.25) is 0 Å². The first-order valence-electron chi connectivity index (χ1n) is 9.31. The summed E-state index contributed by atoms with van der Waals surface area (Å²) in [4.78, 5) is 13.0. The molecule has 3 aromatic carbocycles. The van der Waals surface area contributed by atoms with Crippen molar-refractivity contribution in [1.29, 1.82) is 0 Å². The van der Waals surface area contributed by atoms with Gasteiger partial charge in [-0.25, -0.2) is 4.79 Å². The standard InChI is InChI=1S/C24H23BrN2O2/c1-24(2,3)29-23(28)27(21-16-14-20(25)15-17-21)26-22(18-10-6-4-7-11-18)19-12-8-5-9-13-19/h4-17H,1-3H3. The maximum Gasteiger partial charge on any atom is 0.435 e. The topological polar surface area (TPSA) is 41.9 Å². The molecule has 0 aromatic heterocycles. The van der Waals surface area contributed by atoms with E-state index in [1.165, 1.54) is 5.01 Å². The van der Waals surface area contributed by atoms with Gasteiger partial charge in [-0.1, -0.05) is 76.6 Å². The molecule has 5 heteroatoms. The first-order chi connectivity index (χ1) is 13.8. The van der Waals surface area contributed by atoms with Crippen molar-refractivity contribution in [3.05, 3.63) is 101 Å². The molecule has 0 saturated heterocycles. The van der Waals surface area contributed by atoms with Crippen molar-refractivity contribution < 1.29 is 9.53 Å². The lowest BCUT2D eigenvalue weighted by atomic mass is 10.0. The van der Waals surface area contributed by atoms with E-state index in [1.54, 1.807) is 0 Å². The van der Waals surface area contributed by atoms with E-state index in [-0.39, 0.29) is 0 Å². The number of nitrogens with zero attached hydrogens (tertiary/aromatic N) is 2. The van der Waals surface area contributed by atoms with Crippen LogP contribution in [0.1, 0.15) is 31.9 Å². The monoisotopic (exact) mass is 450 g/mol. The van der Waals surface area contributed by atoms with Gasteiger partial charge in [0.25, 0.3) is 0 Å². The lowest BCUT2D eigenvalue weighted by Crippen LogP contribution is -2.34. The fourth-order valence-corrected chi connectivity index (χ4v) is 2.93. The number of ether oxygens (including phenoxy) is 1. The fraction of sp³-hybridized carbons (Fsp3) is 0.167. The number of hydrogen-bond acceptors (Lipinski definition) is 3. The van der Waals surface area contributed by atoms with Crippen LogP contribution in [-0.2, 0) is 4.74 Å². The second-order valence-corrected chi connectivity index (χ2v) is 8.36. The van der Waals surface area contributed by atoms with Gasteiger partial charge < -0.3 is 4.74 Å². The van der Waals surface area contributed by atoms with E-state index in [1.807, 2.05) is 106 Å². The van der Waals surface area contributed by atoms with Crippen LogP contribution in [0.4, 0.5) is 10.5 Å². The van der Waals surface area contributed by atoms with Crippen molar-refractivity contribution in [3.63, 3.8) is 0 Å². The highest BCUT2D eigenvalue weighted by Crippen LogP contribution is 2.23. The van der Waals surface area contributed by atoms with Crippen LogP contribution in [0.2, 0.25) is 0 Å². The van der Waals surface area contributed by atoms with Gasteiger partial charge in [-0.2, -0.15) is 10.1 Å². The number of benzene rings is 3. The van der Waals surface area contributed by atoms with E-state index in [0.29, 0.717) is 11.4 Å². The number of halogens is 1. The Morgan fingerprint density at radius 3 is 1.76 bits per heavy atom. The van der Waals surface area contributed by atoms with E-state index in [0.717, 1.165) is 15.6 Å². The molecule has 148 valence electrons. The zero-order chi connectivity index (χ0) is 20.9. The molecule has 0 spiro atoms. The molecule has 0 aliphatic carbocycles. The zero-order valence-electron chi connectivity index (χ0n) is 16.7. The molecule has 0 fully saturated rings. The number of carbonyl (C=O) groups excluding carboxylic acids is 1. The van der Waals surface area contributed by atoms with Crippen molar-refractivity contribution in [2.75, 3.05) is 5.01 Å². The van der Waals surface area contributed by atoms with Crippen molar-refractivity contribution in [3.8, 4) is 0 Å². The van der Waals surface area contributed by atoms with E-state index < -0.39 is 11.7 Å². The average Bonchev–Trinajstić information content (AvgIpc) is 2.70. The van der Waals surface area contributed by atoms with Crippen molar-refractivity contribution in [2.45, 2.75) is 26.4 Å². The lowest BCUT2D eigenvalue weighted by molar-refractivity contribution is 0.0581. The molecular formula is C24H23BrN2O2. The van der Waals surface area contributed by atoms with Gasteiger partial charge in [0.1, 0.15) is 5.60 Å². The molecule has 3 aromatic rings. The Kier molecular flexibility index (Phi) is 6.49. The Morgan fingerprint density at radius 1 is 0.828 bits per heavy atom. The molecule has 29 heavy (non-hydrogen) atoms. The number of anilines is 1. The highest BCUT2D eigenvalue weighted by Gasteiger charge is 2.24. The normalized spacial score (nSPS) is 10.9. The summed E-state index contributed by atoms with van der Waals surface area (Å²) in [5.41, 5.74) is 2.47. The Hall–Kier alpha value is -2.92. The highest BCUT2D eigenvalue weighted by atomic mass is 79.9. The summed E-state index contributed by atoms with van der Waals surface area (Å²) in [5.74, 6) is 0. The number of amides is 1. The zero-order valence-corrected chi connectivity index (χ0v) is 18.3. The van der Waals surface area contributed by atoms with Gasteiger partial charge in [0.05, 0.1) is 11.4 Å². The first kappa shape index (κ1) is 20.8. The smallest absolute Gasteiger partial charge is 0.435 e. The van der Waals surface area contributed by atoms with Gasteiger partial charge in [-0.3, -0.25) is 0 Å². The van der Waals surface area contributed by atoms with Crippen LogP contribution in [0.25, 0.3) is 0 Å². The maximum absolute atomic E-state index is 13.0. The van der Waals surface area contributed by atoms with E-state index in [9.17, 15) is 4.79 Å². The summed E-state index contributed by atoms with van der Waals surface area (Å²) in [7, 11) is 0. The summed E-state index contributed by atoms with van der Waals surface area (Å²) in [5, 5.41) is 6.07. The highest BCUT2D eigenvalue weighted by molar-refractivity contribution is 9.10. The molecule has 0 radical (unpaired) electrons. The van der Waals surface area contributed by atoms with E-state index in [2.05, 4.69) is 15.9 Å². The van der Waals surface area contributed by atoms with Gasteiger partial charge >= 0.3 is 6.09 Å². The molecule has 0 aliphatic rings. The minimum absolute atomic E-state index is 0.538. The van der Waals surface area contributed by atoms with Crippen LogP contribution in [0.3, 0.4) is 0 Å². The van der Waals surface area contributed by atoms with Crippen LogP contribution in [0.15, 0.2) is 94.5 Å². The second kappa shape index (κ2) is 9.05. The molecule has 0 heterocycles. The number of carbonyl (C=O) groups is 1. The van der Waals surface area contributed by atoms with Crippen LogP contribution in [0.5, 0.6) is 0 Å². The molecule has 3 rings (SSSR count). The summed E-state index contributed by atoms with van der Waals surface area (Å²) < 4.78 is 6.54. The quantitative estimate of drug-likeness (QED) is 0.330. The Balaban J connectivity index is 2.14. The molecule has 4 nitrogen and oxygen atoms in total. The molecular weight excluding hydrogens is 428 g/mol. The predicted octanol–water partition coefficient (Wildman–Crippen LogP) is 6.64. The third-order valence-electron chi connectivity index (χ3n) is 3.93. The van der Waals surface area contributed by atoms with Gasteiger partial charge in [-0.15, -0.1) is 0 Å². The summed E-state index contributed by atoms with van der Waals surface area (Å²) in [6.45, 7) is 5.51. The van der Waals surface area contributed by atoms with Crippen molar-refractivity contribution in [1.82, 2.24) is 0 Å². The summed E-state index contributed by atoms with van der Waals surface area (Å²) in [6, 6.07) is 27.0. The molecule has 0 bridgehead atoms. The third kappa shape index (κ3) is 5.78. The van der Waals surface area contributed by atoms with E-state index in [4.69, 9.17) is 9.84 Å². The fourth-order valence-electron chi connectivity index (χ4n) is 2.67. The van der Waals surface area contributed by atoms with Crippen molar-refractivity contribution >= 4 is 33.4 Å². The SMILES string of the molecule is CC(C)(C)OC(=O)N(N=C(c1ccccc1)c1ccccc1)c1ccc(Br)cc1. The lowest BCUT2D eigenvalue weighted by Gasteiger charge is -2.25. The van der Waals surface area contributed by atoms with Gasteiger partial charge in [-0.05, 0) is 45.0 Å². The number of rotatable bonds is 4.